The van der Waals surface area contributed by atoms with Crippen molar-refractivity contribution in [2.24, 2.45) is 0 Å². The number of Topliss-reactive ketones (excluding diaryl/α,β-unsaturated/α-hetero) is 1. The van der Waals surface area contributed by atoms with Gasteiger partial charge in [-0.1, -0.05) is 42.5 Å². The van der Waals surface area contributed by atoms with Gasteiger partial charge in [0.25, 0.3) is 0 Å². The van der Waals surface area contributed by atoms with Crippen LogP contribution >= 0.6 is 0 Å². The van der Waals surface area contributed by atoms with Gasteiger partial charge in [-0.05, 0) is 24.1 Å². The second-order valence-corrected chi connectivity index (χ2v) is 4.38. The zero-order valence-electron chi connectivity index (χ0n) is 10.6. The Balaban J connectivity index is 2.30. The van der Waals surface area contributed by atoms with Crippen molar-refractivity contribution in [3.63, 3.8) is 0 Å². The van der Waals surface area contributed by atoms with Crippen LogP contribution in [0.25, 0.3) is 0 Å². The first-order valence-electron chi connectivity index (χ1n) is 5.99. The van der Waals surface area contributed by atoms with E-state index in [1.807, 2.05) is 25.1 Å². The Hall–Kier alpha value is -2.42. The van der Waals surface area contributed by atoms with E-state index in [2.05, 4.69) is 0 Å². The van der Waals surface area contributed by atoms with E-state index >= 15 is 0 Å². The van der Waals surface area contributed by atoms with Gasteiger partial charge in [-0.15, -0.1) is 0 Å². The fourth-order valence-electron chi connectivity index (χ4n) is 2.04. The summed E-state index contributed by atoms with van der Waals surface area (Å²) in [5.41, 5.74) is 2.27. The second-order valence-electron chi connectivity index (χ2n) is 4.38. The van der Waals surface area contributed by atoms with Gasteiger partial charge in [-0.25, -0.2) is 4.79 Å². The molecule has 0 radical (unpaired) electrons. The van der Waals surface area contributed by atoms with Crippen LogP contribution in [0.2, 0.25) is 0 Å². The third-order valence-electron chi connectivity index (χ3n) is 3.04. The molecule has 0 amide bonds. The summed E-state index contributed by atoms with van der Waals surface area (Å²) in [7, 11) is 0. The molecule has 2 rings (SSSR count). The smallest absolute Gasteiger partial charge is 0.335 e. The topological polar surface area (TPSA) is 54.4 Å². The van der Waals surface area contributed by atoms with Crippen molar-refractivity contribution in [2.75, 3.05) is 0 Å². The van der Waals surface area contributed by atoms with Crippen LogP contribution in [0.1, 0.15) is 31.8 Å². The van der Waals surface area contributed by atoms with Gasteiger partial charge in [-0.3, -0.25) is 4.79 Å². The molecular formula is C16H14O3. The monoisotopic (exact) mass is 254 g/mol. The number of carbonyl (C=O) groups excluding carboxylic acids is 1. The molecule has 0 bridgehead atoms. The van der Waals surface area contributed by atoms with E-state index in [9.17, 15) is 9.59 Å². The maximum absolute atomic E-state index is 12.2. The SMILES string of the molecule is Cc1ccccc1C(=O)Cc1ccccc1C(=O)O. The zero-order valence-corrected chi connectivity index (χ0v) is 10.6. The molecule has 0 aliphatic rings. The summed E-state index contributed by atoms with van der Waals surface area (Å²) >= 11 is 0. The minimum atomic E-state index is -1.01. The molecule has 19 heavy (non-hydrogen) atoms. The van der Waals surface area contributed by atoms with Crippen LogP contribution in [0, 0.1) is 6.92 Å². The molecule has 2 aromatic carbocycles. The summed E-state index contributed by atoms with van der Waals surface area (Å²) in [5.74, 6) is -1.07. The predicted molar refractivity (Wildman–Crippen MR) is 72.6 cm³/mol. The Morgan fingerprint density at radius 3 is 2.16 bits per heavy atom. The van der Waals surface area contributed by atoms with Crippen LogP contribution in [0.4, 0.5) is 0 Å². The van der Waals surface area contributed by atoms with Crippen molar-refractivity contribution in [2.45, 2.75) is 13.3 Å². The average Bonchev–Trinajstić information content (AvgIpc) is 2.39. The van der Waals surface area contributed by atoms with Crippen molar-refractivity contribution in [3.8, 4) is 0 Å². The summed E-state index contributed by atoms with van der Waals surface area (Å²) in [4.78, 5) is 23.3. The fraction of sp³-hybridized carbons (Fsp3) is 0.125. The van der Waals surface area contributed by atoms with Crippen molar-refractivity contribution >= 4 is 11.8 Å². The lowest BCUT2D eigenvalue weighted by atomic mass is 9.96. The highest BCUT2D eigenvalue weighted by Gasteiger charge is 2.14. The molecule has 0 atom stereocenters. The number of hydrogen-bond acceptors (Lipinski definition) is 2. The first kappa shape index (κ1) is 13.0. The number of ketones is 1. The van der Waals surface area contributed by atoms with Crippen LogP contribution in [0.15, 0.2) is 48.5 Å². The molecule has 96 valence electrons. The number of hydrogen-bond donors (Lipinski definition) is 1. The van der Waals surface area contributed by atoms with Crippen LogP contribution in [0.5, 0.6) is 0 Å². The first-order chi connectivity index (χ1) is 9.09. The largest absolute Gasteiger partial charge is 0.478 e. The molecule has 3 heteroatoms. The molecule has 0 saturated heterocycles. The molecule has 0 aliphatic heterocycles. The van der Waals surface area contributed by atoms with Gasteiger partial charge < -0.3 is 5.11 Å². The minimum Gasteiger partial charge on any atom is -0.478 e. The summed E-state index contributed by atoms with van der Waals surface area (Å²) in [6, 6.07) is 13.9. The van der Waals surface area contributed by atoms with E-state index in [0.29, 0.717) is 11.1 Å². The lowest BCUT2D eigenvalue weighted by molar-refractivity contribution is 0.0696. The Kier molecular flexibility index (Phi) is 3.76. The maximum atomic E-state index is 12.2. The van der Waals surface area contributed by atoms with Gasteiger partial charge in [-0.2, -0.15) is 0 Å². The van der Waals surface area contributed by atoms with Gasteiger partial charge in [0.05, 0.1) is 5.56 Å². The highest BCUT2D eigenvalue weighted by Crippen LogP contribution is 2.15. The number of carbonyl (C=O) groups is 2. The van der Waals surface area contributed by atoms with Gasteiger partial charge in [0.2, 0.25) is 0 Å². The molecule has 2 aromatic rings. The highest BCUT2D eigenvalue weighted by atomic mass is 16.4. The number of carboxylic acid groups (broad SMARTS) is 1. The van der Waals surface area contributed by atoms with E-state index in [4.69, 9.17) is 5.11 Å². The Labute approximate surface area is 111 Å². The first-order valence-corrected chi connectivity index (χ1v) is 5.99. The van der Waals surface area contributed by atoms with Crippen LogP contribution in [0.3, 0.4) is 0 Å². The van der Waals surface area contributed by atoms with Crippen molar-refractivity contribution in [1.82, 2.24) is 0 Å². The summed E-state index contributed by atoms with van der Waals surface area (Å²) in [6.45, 7) is 1.87. The van der Waals surface area contributed by atoms with Gasteiger partial charge in [0.1, 0.15) is 0 Å². The van der Waals surface area contributed by atoms with E-state index < -0.39 is 5.97 Å². The van der Waals surface area contributed by atoms with Crippen LogP contribution < -0.4 is 0 Å². The van der Waals surface area contributed by atoms with Gasteiger partial charge >= 0.3 is 5.97 Å². The molecule has 0 saturated carbocycles. The lowest BCUT2D eigenvalue weighted by Gasteiger charge is -2.07. The Bertz CT molecular complexity index is 629. The van der Waals surface area contributed by atoms with E-state index in [1.54, 1.807) is 24.3 Å². The minimum absolute atomic E-state index is 0.0631. The predicted octanol–water partition coefficient (Wildman–Crippen LogP) is 3.12. The molecule has 0 spiro atoms. The molecule has 0 unspecified atom stereocenters. The number of carboxylic acids is 1. The van der Waals surface area contributed by atoms with Crippen LogP contribution in [-0.2, 0) is 6.42 Å². The summed E-state index contributed by atoms with van der Waals surface area (Å²) in [6.07, 6.45) is 0.104. The molecule has 0 fully saturated rings. The average molecular weight is 254 g/mol. The van der Waals surface area contributed by atoms with Gasteiger partial charge in [0.15, 0.2) is 5.78 Å². The maximum Gasteiger partial charge on any atom is 0.335 e. The molecule has 0 aliphatic carbocycles. The molecule has 0 heterocycles. The van der Waals surface area contributed by atoms with E-state index in [-0.39, 0.29) is 17.8 Å². The molecule has 1 N–H and O–H groups in total. The fourth-order valence-corrected chi connectivity index (χ4v) is 2.04. The highest BCUT2D eigenvalue weighted by molar-refractivity contribution is 6.00. The van der Waals surface area contributed by atoms with Gasteiger partial charge in [0, 0.05) is 12.0 Å². The zero-order chi connectivity index (χ0) is 13.8. The third-order valence-corrected chi connectivity index (χ3v) is 3.04. The molecule has 3 nitrogen and oxygen atoms in total. The Morgan fingerprint density at radius 1 is 0.947 bits per heavy atom. The van der Waals surface area contributed by atoms with E-state index in [0.717, 1.165) is 5.56 Å². The number of aromatic carboxylic acids is 1. The standard InChI is InChI=1S/C16H14O3/c1-11-6-2-4-8-13(11)15(17)10-12-7-3-5-9-14(12)16(18)19/h2-9H,10H2,1H3,(H,18,19). The normalized spacial score (nSPS) is 10.2. The van der Waals surface area contributed by atoms with E-state index in [1.165, 1.54) is 6.07 Å². The van der Waals surface area contributed by atoms with Crippen LogP contribution in [-0.4, -0.2) is 16.9 Å². The lowest BCUT2D eigenvalue weighted by Crippen LogP contribution is -2.09. The molecule has 0 aromatic heterocycles. The van der Waals surface area contributed by atoms with Crippen molar-refractivity contribution in [1.29, 1.82) is 0 Å². The molecular weight excluding hydrogens is 240 g/mol. The third kappa shape index (κ3) is 2.88. The van der Waals surface area contributed by atoms with Crippen molar-refractivity contribution < 1.29 is 14.7 Å². The van der Waals surface area contributed by atoms with Crippen molar-refractivity contribution in [3.05, 3.63) is 70.8 Å². The summed E-state index contributed by atoms with van der Waals surface area (Å²) < 4.78 is 0. The second kappa shape index (κ2) is 5.48. The number of aryl methyl sites for hydroxylation is 1. The summed E-state index contributed by atoms with van der Waals surface area (Å²) in [5, 5.41) is 9.09. The number of benzene rings is 2. The number of rotatable bonds is 4. The quantitative estimate of drug-likeness (QED) is 0.853. The Morgan fingerprint density at radius 2 is 1.53 bits per heavy atom.